The average molecular weight is 427 g/mol. The first-order valence-electron chi connectivity index (χ1n) is 10.1. The SMILES string of the molecule is CN(C)S(=O)(=O)c1ccc2c(c1)cc(C(=O)NC1CCCC1)n2Cc1ccncc1. The topological polar surface area (TPSA) is 84.3 Å². The van der Waals surface area contributed by atoms with E-state index in [1.165, 1.54) is 18.4 Å². The van der Waals surface area contributed by atoms with Crippen molar-refractivity contribution in [3.05, 3.63) is 60.0 Å². The fraction of sp³-hybridized carbons (Fsp3) is 0.364. The van der Waals surface area contributed by atoms with Crippen LogP contribution in [-0.2, 0) is 16.6 Å². The second kappa shape index (κ2) is 8.20. The van der Waals surface area contributed by atoms with E-state index in [2.05, 4.69) is 10.3 Å². The first-order chi connectivity index (χ1) is 14.4. The summed E-state index contributed by atoms with van der Waals surface area (Å²) in [5.74, 6) is -0.121. The minimum absolute atomic E-state index is 0.121. The summed E-state index contributed by atoms with van der Waals surface area (Å²) < 4.78 is 28.2. The first kappa shape index (κ1) is 20.6. The van der Waals surface area contributed by atoms with Crippen molar-refractivity contribution in [2.75, 3.05) is 14.1 Å². The molecule has 0 spiro atoms. The lowest BCUT2D eigenvalue weighted by Gasteiger charge is -2.15. The molecule has 0 bridgehead atoms. The lowest BCUT2D eigenvalue weighted by molar-refractivity contribution is 0.0929. The standard InChI is InChI=1S/C22H26N4O3S/c1-25(2)30(28,29)19-7-8-20-17(13-19)14-21(22(27)24-18-5-3-4-6-18)26(20)15-16-9-11-23-12-10-16/h7-14,18H,3-6,15H2,1-2H3,(H,24,27). The van der Waals surface area contributed by atoms with Crippen LogP contribution < -0.4 is 5.32 Å². The predicted molar refractivity (Wildman–Crippen MR) is 116 cm³/mol. The summed E-state index contributed by atoms with van der Waals surface area (Å²) in [7, 11) is -0.537. The van der Waals surface area contributed by atoms with Crippen LogP contribution in [-0.4, -0.2) is 48.3 Å². The zero-order valence-corrected chi connectivity index (χ0v) is 18.0. The maximum atomic E-state index is 13.1. The van der Waals surface area contributed by atoms with Crippen molar-refractivity contribution in [1.82, 2.24) is 19.2 Å². The van der Waals surface area contributed by atoms with Crippen molar-refractivity contribution < 1.29 is 13.2 Å². The van der Waals surface area contributed by atoms with E-state index in [4.69, 9.17) is 0 Å². The Morgan fingerprint density at radius 2 is 1.83 bits per heavy atom. The molecular weight excluding hydrogens is 400 g/mol. The molecule has 1 aliphatic rings. The van der Waals surface area contributed by atoms with Crippen LogP contribution in [0, 0.1) is 0 Å². The average Bonchev–Trinajstić information content (AvgIpc) is 3.36. The molecule has 158 valence electrons. The molecule has 2 aromatic heterocycles. The van der Waals surface area contributed by atoms with Gasteiger partial charge in [-0.2, -0.15) is 0 Å². The molecule has 0 unspecified atom stereocenters. The van der Waals surface area contributed by atoms with E-state index in [9.17, 15) is 13.2 Å². The molecule has 30 heavy (non-hydrogen) atoms. The number of nitrogens with one attached hydrogen (secondary N) is 1. The summed E-state index contributed by atoms with van der Waals surface area (Å²) in [6.45, 7) is 0.499. The van der Waals surface area contributed by atoms with E-state index < -0.39 is 10.0 Å². The number of carbonyl (C=O) groups excluding carboxylic acids is 1. The number of amides is 1. The van der Waals surface area contributed by atoms with Crippen molar-refractivity contribution >= 4 is 26.8 Å². The van der Waals surface area contributed by atoms with Gasteiger partial charge < -0.3 is 9.88 Å². The van der Waals surface area contributed by atoms with Crippen molar-refractivity contribution in [1.29, 1.82) is 0 Å². The van der Waals surface area contributed by atoms with Crippen LogP contribution >= 0.6 is 0 Å². The van der Waals surface area contributed by atoms with Gasteiger partial charge >= 0.3 is 0 Å². The number of sulfonamides is 1. The third-order valence-electron chi connectivity index (χ3n) is 5.66. The smallest absolute Gasteiger partial charge is 0.268 e. The molecule has 2 heterocycles. The molecular formula is C22H26N4O3S. The summed E-state index contributed by atoms with van der Waals surface area (Å²) in [5.41, 5.74) is 2.37. The highest BCUT2D eigenvalue weighted by Crippen LogP contribution is 2.26. The molecule has 1 fully saturated rings. The van der Waals surface area contributed by atoms with Gasteiger partial charge in [-0.25, -0.2) is 12.7 Å². The van der Waals surface area contributed by atoms with E-state index in [1.54, 1.807) is 36.7 Å². The monoisotopic (exact) mass is 426 g/mol. The Hall–Kier alpha value is -2.71. The maximum absolute atomic E-state index is 13.1. The predicted octanol–water partition coefficient (Wildman–Crippen LogP) is 3.01. The molecule has 8 heteroatoms. The van der Waals surface area contributed by atoms with Gasteiger partial charge in [-0.15, -0.1) is 0 Å². The van der Waals surface area contributed by atoms with Crippen LogP contribution in [0.25, 0.3) is 10.9 Å². The molecule has 0 saturated heterocycles. The number of benzene rings is 1. The number of hydrogen-bond acceptors (Lipinski definition) is 4. The van der Waals surface area contributed by atoms with Crippen LogP contribution in [0.15, 0.2) is 53.7 Å². The number of nitrogens with zero attached hydrogens (tertiary/aromatic N) is 3. The Bertz CT molecular complexity index is 1160. The quantitative estimate of drug-likeness (QED) is 0.657. The highest BCUT2D eigenvalue weighted by molar-refractivity contribution is 7.89. The van der Waals surface area contributed by atoms with Gasteiger partial charge in [0.05, 0.1) is 4.90 Å². The number of hydrogen-bond donors (Lipinski definition) is 1. The second-order valence-corrected chi connectivity index (χ2v) is 10.1. The molecule has 0 aliphatic heterocycles. The number of fused-ring (bicyclic) bond motifs is 1. The van der Waals surface area contributed by atoms with Gasteiger partial charge in [0.1, 0.15) is 5.69 Å². The molecule has 3 aromatic rings. The zero-order chi connectivity index (χ0) is 21.3. The van der Waals surface area contributed by atoms with Gasteiger partial charge in [-0.3, -0.25) is 9.78 Å². The van der Waals surface area contributed by atoms with Crippen LogP contribution in [0.1, 0.15) is 41.7 Å². The highest BCUT2D eigenvalue weighted by Gasteiger charge is 2.23. The lowest BCUT2D eigenvalue weighted by atomic mass is 10.2. The largest absolute Gasteiger partial charge is 0.348 e. The van der Waals surface area contributed by atoms with Crippen molar-refractivity contribution in [2.24, 2.45) is 0 Å². The molecule has 1 amide bonds. The number of aromatic nitrogens is 2. The molecule has 1 aromatic carbocycles. The number of pyridine rings is 1. The second-order valence-electron chi connectivity index (χ2n) is 7.93. The third-order valence-corrected chi connectivity index (χ3v) is 7.48. The summed E-state index contributed by atoms with van der Waals surface area (Å²) in [4.78, 5) is 17.4. The molecule has 0 atom stereocenters. The summed E-state index contributed by atoms with van der Waals surface area (Å²) >= 11 is 0. The van der Waals surface area contributed by atoms with Gasteiger partial charge in [-0.05, 0) is 54.8 Å². The summed E-state index contributed by atoms with van der Waals surface area (Å²) in [5, 5.41) is 3.87. The van der Waals surface area contributed by atoms with Crippen molar-refractivity contribution in [3.8, 4) is 0 Å². The highest BCUT2D eigenvalue weighted by atomic mass is 32.2. The summed E-state index contributed by atoms with van der Waals surface area (Å²) in [6.07, 6.45) is 7.72. The van der Waals surface area contributed by atoms with Crippen molar-refractivity contribution in [3.63, 3.8) is 0 Å². The van der Waals surface area contributed by atoms with E-state index in [0.717, 1.165) is 42.1 Å². The molecule has 1 N–H and O–H groups in total. The Balaban J connectivity index is 1.78. The normalized spacial score (nSPS) is 15.2. The zero-order valence-electron chi connectivity index (χ0n) is 17.2. The van der Waals surface area contributed by atoms with Crippen LogP contribution in [0.4, 0.5) is 0 Å². The van der Waals surface area contributed by atoms with Gasteiger partial charge in [-0.1, -0.05) is 12.8 Å². The van der Waals surface area contributed by atoms with Gasteiger partial charge in [0.25, 0.3) is 5.91 Å². The molecule has 7 nitrogen and oxygen atoms in total. The first-order valence-corrected chi connectivity index (χ1v) is 11.6. The Morgan fingerprint density at radius 3 is 2.50 bits per heavy atom. The Morgan fingerprint density at radius 1 is 1.13 bits per heavy atom. The fourth-order valence-electron chi connectivity index (χ4n) is 3.98. The lowest BCUT2D eigenvalue weighted by Crippen LogP contribution is -2.34. The Labute approximate surface area is 176 Å². The summed E-state index contributed by atoms with van der Waals surface area (Å²) in [6, 6.07) is 10.8. The molecule has 4 rings (SSSR count). The van der Waals surface area contributed by atoms with E-state index in [-0.39, 0.29) is 16.8 Å². The van der Waals surface area contributed by atoms with Gasteiger partial charge in [0, 0.05) is 50.0 Å². The minimum atomic E-state index is -3.55. The van der Waals surface area contributed by atoms with E-state index in [1.807, 2.05) is 16.7 Å². The Kier molecular flexibility index (Phi) is 5.62. The van der Waals surface area contributed by atoms with Gasteiger partial charge in [0.2, 0.25) is 10.0 Å². The van der Waals surface area contributed by atoms with Gasteiger partial charge in [0.15, 0.2) is 0 Å². The third kappa shape index (κ3) is 3.97. The van der Waals surface area contributed by atoms with E-state index >= 15 is 0 Å². The van der Waals surface area contributed by atoms with Crippen LogP contribution in [0.2, 0.25) is 0 Å². The number of carbonyl (C=O) groups is 1. The van der Waals surface area contributed by atoms with Crippen molar-refractivity contribution in [2.45, 2.75) is 43.2 Å². The molecule has 1 saturated carbocycles. The molecule has 1 aliphatic carbocycles. The number of rotatable bonds is 6. The van der Waals surface area contributed by atoms with E-state index in [0.29, 0.717) is 12.2 Å². The molecule has 0 radical (unpaired) electrons. The van der Waals surface area contributed by atoms with Crippen LogP contribution in [0.5, 0.6) is 0 Å². The fourth-order valence-corrected chi connectivity index (χ4v) is 4.92. The minimum Gasteiger partial charge on any atom is -0.348 e. The maximum Gasteiger partial charge on any atom is 0.268 e. The van der Waals surface area contributed by atoms with Crippen LogP contribution in [0.3, 0.4) is 0 Å².